The van der Waals surface area contributed by atoms with Crippen molar-refractivity contribution in [2.75, 3.05) is 0 Å². The zero-order valence-corrected chi connectivity index (χ0v) is 34.7. The van der Waals surface area contributed by atoms with Gasteiger partial charge in [-0.25, -0.2) is 0 Å². The van der Waals surface area contributed by atoms with Crippen LogP contribution in [0.25, 0.3) is 33.4 Å². The van der Waals surface area contributed by atoms with Crippen molar-refractivity contribution in [2.45, 2.75) is 13.8 Å². The fourth-order valence-corrected chi connectivity index (χ4v) is 7.49. The number of rotatable bonds is 8. The fraction of sp³-hybridized carbons (Fsp3) is 0.0370. The zero-order chi connectivity index (χ0) is 38.7. The van der Waals surface area contributed by atoms with Crippen molar-refractivity contribution in [2.24, 2.45) is 0 Å². The Morgan fingerprint density at radius 3 is 0.929 bits per heavy atom. The first kappa shape index (κ1) is 38.5. The Labute approximate surface area is 348 Å². The summed E-state index contributed by atoms with van der Waals surface area (Å²) in [5, 5.41) is 0. The van der Waals surface area contributed by atoms with Gasteiger partial charge in [0.25, 0.3) is 0 Å². The highest BCUT2D eigenvalue weighted by atomic mass is 79.9. The summed E-state index contributed by atoms with van der Waals surface area (Å²) in [5.41, 5.74) is 17.3. The second-order valence-electron chi connectivity index (χ2n) is 13.7. The molecule has 0 unspecified atom stereocenters. The molecule has 272 valence electrons. The highest BCUT2D eigenvalue weighted by Crippen LogP contribution is 2.38. The van der Waals surface area contributed by atoms with E-state index >= 15 is 0 Å². The lowest BCUT2D eigenvalue weighted by molar-refractivity contribution is 1.46. The standard InChI is InChI=1S/C28H24.C26H18Br2/c1-21-13-15-24(16-14-21)25-17-19-27(20-18-25)28(26-11-7-4-8-12-26)22(2)23-9-5-3-6-10-23;27-23-15-11-21(12-16-23)25(19-7-3-1-4-8-19)26(20-9-5-2-6-10-20)22-13-17-24(28)18-14-22/h3-20H,1-2H3;1-18H/b28-22-;26-25+. The van der Waals surface area contributed by atoms with Crippen LogP contribution in [0.5, 0.6) is 0 Å². The minimum Gasteiger partial charge on any atom is -0.0622 e. The largest absolute Gasteiger partial charge is 0.0622 e. The van der Waals surface area contributed by atoms with Gasteiger partial charge in [0.2, 0.25) is 0 Å². The third-order valence-corrected chi connectivity index (χ3v) is 10.9. The molecule has 0 atom stereocenters. The molecule has 0 amide bonds. The summed E-state index contributed by atoms with van der Waals surface area (Å²) in [6.45, 7) is 4.34. The lowest BCUT2D eigenvalue weighted by Gasteiger charge is -2.18. The van der Waals surface area contributed by atoms with Gasteiger partial charge in [-0.3, -0.25) is 0 Å². The van der Waals surface area contributed by atoms with E-state index in [0.29, 0.717) is 0 Å². The lowest BCUT2D eigenvalue weighted by Crippen LogP contribution is -1.97. The maximum Gasteiger partial charge on any atom is 0.0175 e. The number of aryl methyl sites for hydroxylation is 1. The molecule has 8 aromatic carbocycles. The molecule has 0 saturated carbocycles. The molecular weight excluding hydrogens is 808 g/mol. The van der Waals surface area contributed by atoms with Crippen LogP contribution in [0.15, 0.2) is 227 Å². The van der Waals surface area contributed by atoms with Gasteiger partial charge in [0.05, 0.1) is 0 Å². The normalized spacial score (nSPS) is 11.8. The summed E-state index contributed by atoms with van der Waals surface area (Å²) < 4.78 is 2.15. The zero-order valence-electron chi connectivity index (χ0n) is 31.5. The molecule has 56 heavy (non-hydrogen) atoms. The molecular formula is C54H42Br2. The summed E-state index contributed by atoms with van der Waals surface area (Å²) in [4.78, 5) is 0. The van der Waals surface area contributed by atoms with Gasteiger partial charge in [-0.15, -0.1) is 0 Å². The van der Waals surface area contributed by atoms with E-state index in [9.17, 15) is 0 Å². The number of allylic oxidation sites excluding steroid dienone is 1. The minimum atomic E-state index is 1.08. The van der Waals surface area contributed by atoms with Crippen molar-refractivity contribution in [3.8, 4) is 11.1 Å². The van der Waals surface area contributed by atoms with Crippen molar-refractivity contribution in [3.63, 3.8) is 0 Å². The van der Waals surface area contributed by atoms with Crippen LogP contribution in [0.3, 0.4) is 0 Å². The molecule has 2 heteroatoms. The SMILES string of the molecule is Brc1ccc(/C(=C(\c2ccccc2)c2ccc(Br)cc2)c2ccccc2)cc1.C/C(=C(\c1ccccc1)c1ccc(-c2ccc(C)cc2)cc1)c1ccccc1. The van der Waals surface area contributed by atoms with E-state index in [0.717, 1.165) is 8.95 Å². The van der Waals surface area contributed by atoms with Crippen molar-refractivity contribution in [1.82, 2.24) is 0 Å². The van der Waals surface area contributed by atoms with Crippen LogP contribution in [0.1, 0.15) is 51.4 Å². The molecule has 0 fully saturated rings. The van der Waals surface area contributed by atoms with Gasteiger partial charge in [0, 0.05) is 8.95 Å². The quantitative estimate of drug-likeness (QED) is 0.134. The predicted molar refractivity (Wildman–Crippen MR) is 247 cm³/mol. The van der Waals surface area contributed by atoms with Crippen molar-refractivity contribution in [3.05, 3.63) is 272 Å². The predicted octanol–water partition coefficient (Wildman–Crippen LogP) is 15.9. The van der Waals surface area contributed by atoms with E-state index in [1.54, 1.807) is 0 Å². The maximum atomic E-state index is 3.56. The summed E-state index contributed by atoms with van der Waals surface area (Å²) in [7, 11) is 0. The lowest BCUT2D eigenvalue weighted by atomic mass is 9.86. The first-order valence-corrected chi connectivity index (χ1v) is 20.4. The van der Waals surface area contributed by atoms with Crippen LogP contribution < -0.4 is 0 Å². The molecule has 0 heterocycles. The van der Waals surface area contributed by atoms with Crippen LogP contribution in [-0.4, -0.2) is 0 Å². The van der Waals surface area contributed by atoms with Crippen LogP contribution in [0.2, 0.25) is 0 Å². The van der Waals surface area contributed by atoms with Gasteiger partial charge in [0.15, 0.2) is 0 Å². The molecule has 0 N–H and O–H groups in total. The first-order valence-electron chi connectivity index (χ1n) is 18.8. The monoisotopic (exact) mass is 848 g/mol. The summed E-state index contributed by atoms with van der Waals surface area (Å²) in [6.07, 6.45) is 0. The molecule has 0 aromatic heterocycles. The molecule has 0 saturated heterocycles. The molecule has 0 radical (unpaired) electrons. The van der Waals surface area contributed by atoms with E-state index in [1.807, 2.05) is 0 Å². The van der Waals surface area contributed by atoms with Crippen LogP contribution >= 0.6 is 31.9 Å². The van der Waals surface area contributed by atoms with Gasteiger partial charge >= 0.3 is 0 Å². The molecule has 0 aliphatic rings. The van der Waals surface area contributed by atoms with E-state index in [-0.39, 0.29) is 0 Å². The smallest absolute Gasteiger partial charge is 0.0175 e. The van der Waals surface area contributed by atoms with Crippen molar-refractivity contribution < 1.29 is 0 Å². The topological polar surface area (TPSA) is 0 Å². The third-order valence-electron chi connectivity index (χ3n) is 9.84. The van der Waals surface area contributed by atoms with Gasteiger partial charge in [-0.1, -0.05) is 232 Å². The van der Waals surface area contributed by atoms with Gasteiger partial charge < -0.3 is 0 Å². The average molecular weight is 851 g/mol. The van der Waals surface area contributed by atoms with Crippen molar-refractivity contribution in [1.29, 1.82) is 0 Å². The molecule has 0 aliphatic heterocycles. The van der Waals surface area contributed by atoms with Gasteiger partial charge in [-0.05, 0) is 110 Å². The van der Waals surface area contributed by atoms with Crippen LogP contribution in [-0.2, 0) is 0 Å². The maximum absolute atomic E-state index is 3.56. The first-order chi connectivity index (χ1) is 27.4. The second-order valence-corrected chi connectivity index (χ2v) is 15.5. The van der Waals surface area contributed by atoms with Crippen LogP contribution in [0, 0.1) is 6.92 Å². The fourth-order valence-electron chi connectivity index (χ4n) is 6.97. The van der Waals surface area contributed by atoms with Crippen molar-refractivity contribution >= 4 is 54.2 Å². The molecule has 8 rings (SSSR count). The number of halogens is 2. The van der Waals surface area contributed by atoms with E-state index < -0.39 is 0 Å². The molecule has 0 nitrogen and oxygen atoms in total. The number of hydrogen-bond donors (Lipinski definition) is 0. The second kappa shape index (κ2) is 18.7. The van der Waals surface area contributed by atoms with Crippen LogP contribution in [0.4, 0.5) is 0 Å². The Kier molecular flexibility index (Phi) is 12.8. The van der Waals surface area contributed by atoms with E-state index in [4.69, 9.17) is 0 Å². The molecule has 0 aliphatic carbocycles. The highest BCUT2D eigenvalue weighted by Gasteiger charge is 2.16. The Morgan fingerprint density at radius 1 is 0.286 bits per heavy atom. The molecule has 0 spiro atoms. The van der Waals surface area contributed by atoms with Gasteiger partial charge in [-0.2, -0.15) is 0 Å². The molecule has 0 bridgehead atoms. The Bertz CT molecular complexity index is 2430. The Balaban J connectivity index is 0.000000172. The summed E-state index contributed by atoms with van der Waals surface area (Å²) in [6, 6.07) is 77.2. The van der Waals surface area contributed by atoms with E-state index in [2.05, 4.69) is 264 Å². The third kappa shape index (κ3) is 9.52. The number of benzene rings is 8. The van der Waals surface area contributed by atoms with Gasteiger partial charge in [0.1, 0.15) is 0 Å². The average Bonchev–Trinajstić information content (AvgIpc) is 3.26. The Hall–Kier alpha value is -5.80. The summed E-state index contributed by atoms with van der Waals surface area (Å²) >= 11 is 7.13. The summed E-state index contributed by atoms with van der Waals surface area (Å²) in [5.74, 6) is 0. The number of hydrogen-bond acceptors (Lipinski definition) is 0. The Morgan fingerprint density at radius 2 is 0.554 bits per heavy atom. The highest BCUT2D eigenvalue weighted by molar-refractivity contribution is 9.10. The minimum absolute atomic E-state index is 1.08. The molecule has 8 aromatic rings. The van der Waals surface area contributed by atoms with E-state index in [1.165, 1.54) is 77.9 Å².